The lowest BCUT2D eigenvalue weighted by Crippen LogP contribution is -2.62. The largest absolute Gasteiger partial charge is 0.508 e. The Morgan fingerprint density at radius 2 is 1.48 bits per heavy atom. The molecule has 0 bridgehead atoms. The van der Waals surface area contributed by atoms with E-state index in [4.69, 9.17) is 11.5 Å². The summed E-state index contributed by atoms with van der Waals surface area (Å²) in [6, 6.07) is -1.67. The predicted octanol–water partition coefficient (Wildman–Crippen LogP) is -1.27. The highest BCUT2D eigenvalue weighted by atomic mass is 16.3. The van der Waals surface area contributed by atoms with Crippen molar-refractivity contribution >= 4 is 53.1 Å². The summed E-state index contributed by atoms with van der Waals surface area (Å²) in [6.45, 7) is 10.3. The van der Waals surface area contributed by atoms with Gasteiger partial charge < -0.3 is 63.3 Å². The fraction of sp³-hybridized carbons (Fsp3) is 0.600. The number of amides is 7. The SMILES string of the molecule is CCC(C)[C@H](NC(=O)[C@H](Cc1ccc(O)cc1)NC(=O)[C@@H](NC(=O)[C@H](CCCN=C(N)N)NC(=O)CN(C)C)C(C)C)C(=O)N[C@@H](Cc1cnc[nH]1)C(=O)N1CCC[C@H]1C(=O)N[C@H](C)C(C)=O. The van der Waals surface area contributed by atoms with Gasteiger partial charge in [0, 0.05) is 37.8 Å². The van der Waals surface area contributed by atoms with E-state index in [1.54, 1.807) is 58.8 Å². The van der Waals surface area contributed by atoms with Crippen molar-refractivity contribution in [3.05, 3.63) is 48.0 Å². The van der Waals surface area contributed by atoms with Crippen LogP contribution in [0.15, 0.2) is 41.8 Å². The number of imidazole rings is 1. The summed E-state index contributed by atoms with van der Waals surface area (Å²) in [7, 11) is 3.40. The molecule has 2 aromatic rings. The van der Waals surface area contributed by atoms with Crippen LogP contribution in [0.5, 0.6) is 5.75 Å². The summed E-state index contributed by atoms with van der Waals surface area (Å²) in [5.41, 5.74) is 12.0. The third-order valence-electron chi connectivity index (χ3n) is 11.5. The number of aliphatic imine (C=N–C) groups is 1. The molecule has 370 valence electrons. The molecule has 67 heavy (non-hydrogen) atoms. The molecular weight excluding hydrogens is 867 g/mol. The lowest BCUT2D eigenvalue weighted by Gasteiger charge is -2.32. The highest BCUT2D eigenvalue weighted by Crippen LogP contribution is 2.21. The molecule has 0 radical (unpaired) electrons. The molecule has 0 aliphatic carbocycles. The number of benzene rings is 1. The number of rotatable bonds is 26. The Bertz CT molecular complexity index is 2020. The first-order valence-electron chi connectivity index (χ1n) is 22.7. The minimum Gasteiger partial charge on any atom is -0.508 e. The van der Waals surface area contributed by atoms with Crippen LogP contribution in [0, 0.1) is 11.8 Å². The van der Waals surface area contributed by atoms with E-state index in [9.17, 15) is 43.5 Å². The van der Waals surface area contributed by atoms with Gasteiger partial charge in [-0.1, -0.05) is 46.2 Å². The van der Waals surface area contributed by atoms with E-state index >= 15 is 0 Å². The zero-order valence-electron chi connectivity index (χ0n) is 39.9. The minimum absolute atomic E-state index is 0.00306. The van der Waals surface area contributed by atoms with Crippen molar-refractivity contribution in [3.8, 4) is 5.75 Å². The Morgan fingerprint density at radius 3 is 2.06 bits per heavy atom. The molecule has 2 heterocycles. The highest BCUT2D eigenvalue weighted by Gasteiger charge is 2.40. The number of likely N-dealkylation sites (tertiary alicyclic amines) is 1. The first kappa shape index (κ1) is 54.8. The van der Waals surface area contributed by atoms with Gasteiger partial charge in [0.25, 0.3) is 0 Å². The van der Waals surface area contributed by atoms with Gasteiger partial charge in [0.2, 0.25) is 41.4 Å². The van der Waals surface area contributed by atoms with E-state index in [1.165, 1.54) is 36.5 Å². The number of aromatic nitrogens is 2. The second-order valence-electron chi connectivity index (χ2n) is 17.7. The lowest BCUT2D eigenvalue weighted by molar-refractivity contribution is -0.142. The topological polar surface area (TPSA) is 329 Å². The number of likely N-dealkylation sites (N-methyl/N-ethyl adjacent to an activating group) is 1. The number of hydrogen-bond donors (Lipinski definition) is 10. The molecule has 3 rings (SSSR count). The molecule has 1 aliphatic rings. The number of phenols is 1. The zero-order valence-corrected chi connectivity index (χ0v) is 39.9. The van der Waals surface area contributed by atoms with Crippen LogP contribution in [0.3, 0.4) is 0 Å². The summed E-state index contributed by atoms with van der Waals surface area (Å²) in [4.78, 5) is 123. The number of nitrogens with zero attached hydrogens (tertiary/aromatic N) is 4. The molecule has 1 unspecified atom stereocenters. The Morgan fingerprint density at radius 1 is 0.851 bits per heavy atom. The number of aromatic hydroxyl groups is 1. The summed E-state index contributed by atoms with van der Waals surface area (Å²) >= 11 is 0. The lowest BCUT2D eigenvalue weighted by atomic mass is 9.96. The monoisotopic (exact) mass is 938 g/mol. The summed E-state index contributed by atoms with van der Waals surface area (Å²) in [5, 5.41) is 26.5. The standard InChI is InChI=1S/C45H71N13O9/c1-9-26(4)38(43(66)54-34(21-30-22-48-24-50-30)44(67)58-19-11-13-35(58)41(64)51-27(5)28(6)59)56-40(63)33(20-29-14-16-31(60)17-15-29)53-42(65)37(25(2)3)55-39(62)32(12-10-18-49-45(46)47)52-36(61)23-57(7)8/h14-17,22,24-27,32-35,37-38,60H,9-13,18-21,23H2,1-8H3,(H,48,50)(H,51,64)(H,52,61)(H,53,65)(H,54,66)(H,55,62)(H,56,63)(H4,46,47,49)/t26?,27-,32+,33+,34+,35+,37+,38+/m1/s1. The highest BCUT2D eigenvalue weighted by molar-refractivity contribution is 5.98. The van der Waals surface area contributed by atoms with Crippen LogP contribution in [0.25, 0.3) is 0 Å². The van der Waals surface area contributed by atoms with Crippen LogP contribution in [-0.2, 0) is 51.2 Å². The summed E-state index contributed by atoms with van der Waals surface area (Å²) in [6.07, 6.45) is 4.54. The van der Waals surface area contributed by atoms with Crippen LogP contribution in [-0.4, -0.2) is 154 Å². The number of guanidine groups is 1. The molecular formula is C45H71N13O9. The number of phenolic OH excluding ortho intramolecular Hbond substituents is 1. The van der Waals surface area contributed by atoms with E-state index in [1.807, 2.05) is 6.92 Å². The van der Waals surface area contributed by atoms with Gasteiger partial charge >= 0.3 is 0 Å². The average molecular weight is 938 g/mol. The van der Waals surface area contributed by atoms with Crippen molar-refractivity contribution in [1.29, 1.82) is 0 Å². The van der Waals surface area contributed by atoms with E-state index in [0.29, 0.717) is 36.9 Å². The van der Waals surface area contributed by atoms with Crippen molar-refractivity contribution in [2.75, 3.05) is 33.7 Å². The van der Waals surface area contributed by atoms with Gasteiger partial charge in [-0.2, -0.15) is 0 Å². The molecule has 22 heteroatoms. The number of hydrogen-bond acceptors (Lipinski definition) is 12. The maximum absolute atomic E-state index is 14.5. The molecule has 1 aliphatic heterocycles. The molecule has 22 nitrogen and oxygen atoms in total. The smallest absolute Gasteiger partial charge is 0.246 e. The normalized spacial score (nSPS) is 16.6. The van der Waals surface area contributed by atoms with E-state index in [-0.39, 0.29) is 56.4 Å². The van der Waals surface area contributed by atoms with Crippen LogP contribution in [0.2, 0.25) is 0 Å². The van der Waals surface area contributed by atoms with Crippen molar-refractivity contribution in [2.24, 2.45) is 28.3 Å². The third-order valence-corrected chi connectivity index (χ3v) is 11.5. The van der Waals surface area contributed by atoms with Crippen LogP contribution < -0.4 is 43.4 Å². The van der Waals surface area contributed by atoms with Gasteiger partial charge in [0.05, 0.1) is 18.9 Å². The molecule has 0 saturated carbocycles. The zero-order chi connectivity index (χ0) is 50.0. The van der Waals surface area contributed by atoms with Gasteiger partial charge in [0.15, 0.2) is 11.7 Å². The Balaban J connectivity index is 1.92. The van der Waals surface area contributed by atoms with Crippen molar-refractivity contribution in [2.45, 2.75) is 129 Å². The number of ketones is 1. The maximum Gasteiger partial charge on any atom is 0.246 e. The number of nitrogens with one attached hydrogen (secondary N) is 7. The van der Waals surface area contributed by atoms with Crippen molar-refractivity contribution in [3.63, 3.8) is 0 Å². The van der Waals surface area contributed by atoms with Gasteiger partial charge in [-0.15, -0.1) is 0 Å². The van der Waals surface area contributed by atoms with E-state index < -0.39 is 95.5 Å². The summed E-state index contributed by atoms with van der Waals surface area (Å²) in [5.74, 6) is -5.69. The Hall–Kier alpha value is -6.58. The fourth-order valence-electron chi connectivity index (χ4n) is 7.37. The van der Waals surface area contributed by atoms with Gasteiger partial charge in [-0.25, -0.2) is 4.98 Å². The number of nitrogens with two attached hydrogens (primary N) is 2. The first-order valence-corrected chi connectivity index (χ1v) is 22.7. The predicted molar refractivity (Wildman–Crippen MR) is 250 cm³/mol. The molecule has 0 spiro atoms. The van der Waals surface area contributed by atoms with Crippen LogP contribution in [0.1, 0.15) is 84.9 Å². The maximum atomic E-state index is 14.5. The van der Waals surface area contributed by atoms with Crippen LogP contribution in [0.4, 0.5) is 0 Å². The minimum atomic E-state index is -1.33. The first-order chi connectivity index (χ1) is 31.6. The Kier molecular flexibility index (Phi) is 21.7. The number of Topliss-reactive ketones (excluding diaryl/α,β-unsaturated/α-hetero) is 1. The second-order valence-corrected chi connectivity index (χ2v) is 17.7. The van der Waals surface area contributed by atoms with Gasteiger partial charge in [-0.05, 0) is 83.2 Å². The molecule has 8 atom stereocenters. The number of carbonyl (C=O) groups excluding carboxylic acids is 8. The third kappa shape index (κ3) is 17.6. The van der Waals surface area contributed by atoms with Crippen molar-refractivity contribution in [1.82, 2.24) is 51.7 Å². The number of carbonyl (C=O) groups is 8. The van der Waals surface area contributed by atoms with E-state index in [2.05, 4.69) is 46.9 Å². The molecule has 1 aromatic carbocycles. The van der Waals surface area contributed by atoms with Gasteiger partial charge in [-0.3, -0.25) is 43.3 Å². The number of H-pyrrole nitrogens is 1. The molecule has 1 saturated heterocycles. The fourth-order valence-corrected chi connectivity index (χ4v) is 7.37. The molecule has 1 fully saturated rings. The molecule has 1 aromatic heterocycles. The van der Waals surface area contributed by atoms with E-state index in [0.717, 1.165) is 0 Å². The number of aromatic amines is 1. The summed E-state index contributed by atoms with van der Waals surface area (Å²) < 4.78 is 0. The van der Waals surface area contributed by atoms with Gasteiger partial charge in [0.1, 0.15) is 42.0 Å². The average Bonchev–Trinajstić information content (AvgIpc) is 3.98. The Labute approximate surface area is 392 Å². The second kappa shape index (κ2) is 26.5. The molecule has 7 amide bonds. The van der Waals surface area contributed by atoms with Crippen LogP contribution >= 0.6 is 0 Å². The van der Waals surface area contributed by atoms with Crippen molar-refractivity contribution < 1.29 is 43.5 Å². The molecule has 12 N–H and O–H groups in total. The quantitative estimate of drug-likeness (QED) is 0.0299.